The number of nitrogens with one attached hydrogen (secondary N) is 2. The van der Waals surface area contributed by atoms with Crippen LogP contribution in [0.3, 0.4) is 0 Å². The number of benzene rings is 2. The van der Waals surface area contributed by atoms with Crippen molar-refractivity contribution in [3.8, 4) is 11.5 Å². The fraction of sp³-hybridized carbons (Fsp3) is 0.391. The quantitative estimate of drug-likeness (QED) is 0.610. The summed E-state index contributed by atoms with van der Waals surface area (Å²) >= 11 is 11.8. The maximum Gasteiger partial charge on any atom is 0.258 e. The summed E-state index contributed by atoms with van der Waals surface area (Å²) < 4.78 is 11.0. The monoisotopic (exact) mass is 464 g/mol. The lowest BCUT2D eigenvalue weighted by molar-refractivity contribution is -0.125. The highest BCUT2D eigenvalue weighted by molar-refractivity contribution is 6.31. The van der Waals surface area contributed by atoms with Crippen LogP contribution in [0.5, 0.6) is 11.5 Å². The maximum atomic E-state index is 12.2. The smallest absolute Gasteiger partial charge is 0.258 e. The molecule has 0 aliphatic heterocycles. The summed E-state index contributed by atoms with van der Waals surface area (Å²) in [5.74, 6) is 0.900. The second-order valence-corrected chi connectivity index (χ2v) is 8.47. The summed E-state index contributed by atoms with van der Waals surface area (Å²) in [6.45, 7) is 1.80. The molecule has 6 nitrogen and oxygen atoms in total. The number of halogens is 2. The highest BCUT2D eigenvalue weighted by Crippen LogP contribution is 2.22. The minimum absolute atomic E-state index is 0.0419. The number of hydrogen-bond acceptors (Lipinski definition) is 4. The number of ether oxygens (including phenoxy) is 2. The van der Waals surface area contributed by atoms with Crippen LogP contribution in [-0.2, 0) is 9.59 Å². The fourth-order valence-corrected chi connectivity index (χ4v) is 3.70. The van der Waals surface area contributed by atoms with Crippen LogP contribution in [0, 0.1) is 6.92 Å². The Morgan fingerprint density at radius 2 is 1.32 bits per heavy atom. The third kappa shape index (κ3) is 7.64. The number of aryl methyl sites for hydroxylation is 1. The van der Waals surface area contributed by atoms with Gasteiger partial charge in [-0.1, -0.05) is 23.2 Å². The Labute approximate surface area is 192 Å². The van der Waals surface area contributed by atoms with Crippen LogP contribution in [0.4, 0.5) is 0 Å². The van der Waals surface area contributed by atoms with Crippen LogP contribution in [-0.4, -0.2) is 37.1 Å². The van der Waals surface area contributed by atoms with Crippen molar-refractivity contribution >= 4 is 35.0 Å². The molecule has 0 saturated heterocycles. The summed E-state index contributed by atoms with van der Waals surface area (Å²) in [5.41, 5.74) is 0.901. The van der Waals surface area contributed by atoms with Gasteiger partial charge in [0, 0.05) is 22.1 Å². The Kier molecular flexibility index (Phi) is 8.43. The second-order valence-electron chi connectivity index (χ2n) is 7.63. The molecule has 0 unspecified atom stereocenters. The molecule has 1 aliphatic rings. The molecule has 0 atom stereocenters. The number of hydrogen-bond donors (Lipinski definition) is 2. The summed E-state index contributed by atoms with van der Waals surface area (Å²) in [5, 5.41) is 7.28. The molecule has 1 saturated carbocycles. The van der Waals surface area contributed by atoms with Crippen molar-refractivity contribution in [2.75, 3.05) is 13.2 Å². The second kappa shape index (κ2) is 11.3. The van der Waals surface area contributed by atoms with Gasteiger partial charge in [0.2, 0.25) is 0 Å². The van der Waals surface area contributed by atoms with Gasteiger partial charge in [-0.3, -0.25) is 9.59 Å². The van der Waals surface area contributed by atoms with Crippen LogP contribution in [0.25, 0.3) is 0 Å². The highest BCUT2D eigenvalue weighted by Gasteiger charge is 2.23. The molecule has 166 valence electrons. The SMILES string of the molecule is Cc1cc(OCC(=O)NC2CCC(NC(=O)COc3ccc(Cl)cc3)CC2)ccc1Cl. The Hall–Kier alpha value is -2.44. The van der Waals surface area contributed by atoms with E-state index in [-0.39, 0.29) is 37.1 Å². The van der Waals surface area contributed by atoms with E-state index in [1.165, 1.54) is 0 Å². The molecule has 1 aliphatic carbocycles. The van der Waals surface area contributed by atoms with Crippen molar-refractivity contribution in [2.45, 2.75) is 44.7 Å². The van der Waals surface area contributed by atoms with Crippen LogP contribution in [0.1, 0.15) is 31.2 Å². The molecule has 31 heavy (non-hydrogen) atoms. The Morgan fingerprint density at radius 3 is 1.84 bits per heavy atom. The zero-order chi connectivity index (χ0) is 22.2. The van der Waals surface area contributed by atoms with E-state index >= 15 is 0 Å². The van der Waals surface area contributed by atoms with Gasteiger partial charge in [0.1, 0.15) is 11.5 Å². The molecule has 0 spiro atoms. The third-order valence-electron chi connectivity index (χ3n) is 5.14. The largest absolute Gasteiger partial charge is 0.484 e. The van der Waals surface area contributed by atoms with Gasteiger partial charge in [-0.15, -0.1) is 0 Å². The molecular weight excluding hydrogens is 439 g/mol. The molecule has 0 heterocycles. The first-order valence-corrected chi connectivity index (χ1v) is 11.0. The van der Waals surface area contributed by atoms with Crippen molar-refractivity contribution in [3.63, 3.8) is 0 Å². The first-order chi connectivity index (χ1) is 14.9. The van der Waals surface area contributed by atoms with E-state index in [1.54, 1.807) is 42.5 Å². The molecule has 0 aromatic heterocycles. The number of carbonyl (C=O) groups excluding carboxylic acids is 2. The van der Waals surface area contributed by atoms with Crippen LogP contribution in [0.2, 0.25) is 10.0 Å². The minimum Gasteiger partial charge on any atom is -0.484 e. The van der Waals surface area contributed by atoms with Crippen LogP contribution < -0.4 is 20.1 Å². The molecule has 0 bridgehead atoms. The van der Waals surface area contributed by atoms with Crippen molar-refractivity contribution in [2.24, 2.45) is 0 Å². The molecule has 3 rings (SSSR count). The van der Waals surface area contributed by atoms with E-state index in [4.69, 9.17) is 32.7 Å². The molecule has 2 N–H and O–H groups in total. The minimum atomic E-state index is -0.158. The molecule has 1 fully saturated rings. The fourth-order valence-electron chi connectivity index (χ4n) is 3.46. The Balaban J connectivity index is 1.32. The van der Waals surface area contributed by atoms with Crippen molar-refractivity contribution < 1.29 is 19.1 Å². The first-order valence-electron chi connectivity index (χ1n) is 10.2. The van der Waals surface area contributed by atoms with Crippen LogP contribution >= 0.6 is 23.2 Å². The predicted octanol–water partition coefficient (Wildman–Crippen LogP) is 4.30. The predicted molar refractivity (Wildman–Crippen MR) is 121 cm³/mol. The zero-order valence-corrected chi connectivity index (χ0v) is 18.8. The van der Waals surface area contributed by atoms with E-state index in [0.29, 0.717) is 21.5 Å². The first kappa shape index (κ1) is 23.2. The normalized spacial score (nSPS) is 18.2. The van der Waals surface area contributed by atoms with E-state index in [0.717, 1.165) is 31.2 Å². The lowest BCUT2D eigenvalue weighted by Crippen LogP contribution is -2.45. The van der Waals surface area contributed by atoms with Gasteiger partial charge in [0.05, 0.1) is 0 Å². The highest BCUT2D eigenvalue weighted by atomic mass is 35.5. The van der Waals surface area contributed by atoms with Crippen molar-refractivity contribution in [3.05, 3.63) is 58.1 Å². The van der Waals surface area contributed by atoms with Gasteiger partial charge in [0.25, 0.3) is 11.8 Å². The molecule has 2 amide bonds. The Bertz CT molecular complexity index is 897. The van der Waals surface area contributed by atoms with Gasteiger partial charge in [-0.25, -0.2) is 0 Å². The van der Waals surface area contributed by atoms with Gasteiger partial charge < -0.3 is 20.1 Å². The molecule has 8 heteroatoms. The third-order valence-corrected chi connectivity index (χ3v) is 5.82. The van der Waals surface area contributed by atoms with E-state index in [1.807, 2.05) is 6.92 Å². The van der Waals surface area contributed by atoms with Crippen molar-refractivity contribution in [1.29, 1.82) is 0 Å². The van der Waals surface area contributed by atoms with Gasteiger partial charge in [-0.05, 0) is 80.6 Å². The standard InChI is InChI=1S/C23H26Cl2N2O4/c1-15-12-20(10-11-21(15)25)31-14-23(29)27-18-6-4-17(5-7-18)26-22(28)13-30-19-8-2-16(24)3-9-19/h2-3,8-12,17-18H,4-7,13-14H2,1H3,(H,26,28)(H,27,29). The summed E-state index contributed by atoms with van der Waals surface area (Å²) in [4.78, 5) is 24.3. The van der Waals surface area contributed by atoms with Crippen LogP contribution in [0.15, 0.2) is 42.5 Å². The zero-order valence-electron chi connectivity index (χ0n) is 17.3. The molecule has 2 aromatic rings. The topological polar surface area (TPSA) is 76.7 Å². The average molecular weight is 465 g/mol. The summed E-state index contributed by atoms with van der Waals surface area (Å²) in [6, 6.07) is 12.3. The number of amides is 2. The molecule has 0 radical (unpaired) electrons. The van der Waals surface area contributed by atoms with Gasteiger partial charge >= 0.3 is 0 Å². The number of rotatable bonds is 8. The molecular formula is C23H26Cl2N2O4. The average Bonchev–Trinajstić information content (AvgIpc) is 2.75. The number of carbonyl (C=O) groups is 2. The molecule has 2 aromatic carbocycles. The lowest BCUT2D eigenvalue weighted by atomic mass is 9.91. The van der Waals surface area contributed by atoms with Crippen molar-refractivity contribution in [1.82, 2.24) is 10.6 Å². The lowest BCUT2D eigenvalue weighted by Gasteiger charge is -2.29. The van der Waals surface area contributed by atoms with E-state index in [2.05, 4.69) is 10.6 Å². The maximum absolute atomic E-state index is 12.2. The summed E-state index contributed by atoms with van der Waals surface area (Å²) in [6.07, 6.45) is 3.20. The van der Waals surface area contributed by atoms with E-state index in [9.17, 15) is 9.59 Å². The summed E-state index contributed by atoms with van der Waals surface area (Å²) in [7, 11) is 0. The van der Waals surface area contributed by atoms with Gasteiger partial charge in [0.15, 0.2) is 13.2 Å². The Morgan fingerprint density at radius 1 is 0.839 bits per heavy atom. The van der Waals surface area contributed by atoms with Gasteiger partial charge in [-0.2, -0.15) is 0 Å². The van der Waals surface area contributed by atoms with E-state index < -0.39 is 0 Å².